The third-order valence-corrected chi connectivity index (χ3v) is 7.35. The molecule has 3 amide bonds. The molecule has 2 aromatic rings. The van der Waals surface area contributed by atoms with Crippen LogP contribution in [-0.2, 0) is 23.9 Å². The minimum atomic E-state index is -0.877. The summed E-state index contributed by atoms with van der Waals surface area (Å²) in [6, 6.07) is 5.34. The van der Waals surface area contributed by atoms with Gasteiger partial charge < -0.3 is 15.4 Å². The number of pyridine rings is 1. The number of aromatic nitrogens is 1. The molecule has 226 valence electrons. The highest BCUT2D eigenvalue weighted by Crippen LogP contribution is 2.24. The molecule has 10 nitrogen and oxygen atoms in total. The van der Waals surface area contributed by atoms with Crippen LogP contribution in [-0.4, -0.2) is 58.4 Å². The van der Waals surface area contributed by atoms with E-state index in [0.29, 0.717) is 19.4 Å². The summed E-state index contributed by atoms with van der Waals surface area (Å²) in [5.41, 5.74) is 4.58. The third kappa shape index (κ3) is 8.25. The predicted octanol–water partition coefficient (Wildman–Crippen LogP) is 3.84. The minimum Gasteiger partial charge on any atom is -0.457 e. The number of hydrazine groups is 1. The van der Waals surface area contributed by atoms with Crippen LogP contribution < -0.4 is 16.1 Å². The van der Waals surface area contributed by atoms with Crippen molar-refractivity contribution >= 4 is 40.5 Å². The monoisotopic (exact) mass is 577 g/mol. The Morgan fingerprint density at radius 2 is 1.81 bits per heavy atom. The number of carbonyl (C=O) groups is 4. The normalized spacial score (nSPS) is 18.3. The molecule has 42 heavy (non-hydrogen) atoms. The first-order chi connectivity index (χ1) is 19.9. The molecular weight excluding hydrogens is 534 g/mol. The van der Waals surface area contributed by atoms with Gasteiger partial charge in [0, 0.05) is 18.1 Å². The highest BCUT2D eigenvalue weighted by molar-refractivity contribution is 5.93. The van der Waals surface area contributed by atoms with Gasteiger partial charge in [-0.25, -0.2) is 5.43 Å². The van der Waals surface area contributed by atoms with Crippen LogP contribution in [0.4, 0.5) is 0 Å². The fraction of sp³-hybridized carbons (Fsp3) is 0.469. The predicted molar refractivity (Wildman–Crippen MR) is 163 cm³/mol. The molecule has 0 bridgehead atoms. The summed E-state index contributed by atoms with van der Waals surface area (Å²) in [7, 11) is 0. The Hall–Kier alpha value is -4.05. The number of carbonyl (C=O) groups excluding carboxylic acids is 4. The smallest absolute Gasteiger partial charge is 0.325 e. The summed E-state index contributed by atoms with van der Waals surface area (Å²) >= 11 is 0. The molecule has 2 heterocycles. The van der Waals surface area contributed by atoms with Gasteiger partial charge in [0.2, 0.25) is 11.8 Å². The molecule has 3 rings (SSSR count). The number of allylic oxidation sites excluding steroid dienone is 1. The number of rotatable bonds is 11. The van der Waals surface area contributed by atoms with Crippen LogP contribution in [0.25, 0.3) is 16.8 Å². The van der Waals surface area contributed by atoms with Crippen LogP contribution in [0.2, 0.25) is 0 Å². The molecule has 0 saturated carbocycles. The van der Waals surface area contributed by atoms with Crippen LogP contribution in [0.3, 0.4) is 0 Å². The second kappa shape index (κ2) is 14.7. The maximum absolute atomic E-state index is 13.2. The summed E-state index contributed by atoms with van der Waals surface area (Å²) in [6.07, 6.45) is 7.58. The van der Waals surface area contributed by atoms with Crippen molar-refractivity contribution in [1.82, 2.24) is 26.1 Å². The van der Waals surface area contributed by atoms with E-state index in [-0.39, 0.29) is 23.7 Å². The number of amides is 3. The summed E-state index contributed by atoms with van der Waals surface area (Å²) in [4.78, 5) is 56.1. The van der Waals surface area contributed by atoms with Gasteiger partial charge in [0.05, 0.1) is 11.6 Å². The molecule has 10 heteroatoms. The van der Waals surface area contributed by atoms with Crippen molar-refractivity contribution < 1.29 is 23.9 Å². The Labute approximate surface area is 247 Å². The Balaban J connectivity index is 1.59. The van der Waals surface area contributed by atoms with Crippen molar-refractivity contribution in [3.8, 4) is 0 Å². The number of benzene rings is 1. The summed E-state index contributed by atoms with van der Waals surface area (Å²) < 4.78 is 5.78. The van der Waals surface area contributed by atoms with Crippen LogP contribution >= 0.6 is 0 Å². The molecule has 1 aliphatic rings. The number of nitrogens with one attached hydrogen (secondary N) is 3. The van der Waals surface area contributed by atoms with Gasteiger partial charge >= 0.3 is 5.97 Å². The lowest BCUT2D eigenvalue weighted by atomic mass is 10.0. The highest BCUT2D eigenvalue weighted by atomic mass is 16.5. The number of hydrogen-bond donors (Lipinski definition) is 3. The molecule has 0 aliphatic carbocycles. The van der Waals surface area contributed by atoms with E-state index in [1.807, 2.05) is 45.0 Å². The largest absolute Gasteiger partial charge is 0.457 e. The molecule has 1 aliphatic heterocycles. The Bertz CT molecular complexity index is 1340. The number of nitrogens with zero attached hydrogens (tertiary/aromatic N) is 2. The molecule has 1 aromatic heterocycles. The van der Waals surface area contributed by atoms with Crippen LogP contribution in [0, 0.1) is 11.8 Å². The van der Waals surface area contributed by atoms with Gasteiger partial charge in [-0.05, 0) is 68.7 Å². The van der Waals surface area contributed by atoms with E-state index in [9.17, 15) is 19.2 Å². The lowest BCUT2D eigenvalue weighted by Crippen LogP contribution is -2.61. The maximum Gasteiger partial charge on any atom is 0.325 e. The second-order valence-electron chi connectivity index (χ2n) is 11.1. The minimum absolute atomic E-state index is 0.188. The first-order valence-electron chi connectivity index (χ1n) is 14.5. The number of hydrogen-bond acceptors (Lipinski definition) is 7. The maximum atomic E-state index is 13.2. The summed E-state index contributed by atoms with van der Waals surface area (Å²) in [5, 5.41) is 8.81. The number of ether oxygens (including phenoxy) is 1. The van der Waals surface area contributed by atoms with E-state index in [1.54, 1.807) is 45.2 Å². The first-order valence-corrected chi connectivity index (χ1v) is 14.5. The van der Waals surface area contributed by atoms with Gasteiger partial charge in [0.25, 0.3) is 5.91 Å². The van der Waals surface area contributed by atoms with Crippen molar-refractivity contribution in [2.24, 2.45) is 11.8 Å². The lowest BCUT2D eigenvalue weighted by molar-refractivity contribution is -0.157. The van der Waals surface area contributed by atoms with E-state index in [2.05, 4.69) is 27.6 Å². The zero-order valence-corrected chi connectivity index (χ0v) is 25.3. The van der Waals surface area contributed by atoms with E-state index in [4.69, 9.17) is 4.74 Å². The molecule has 5 atom stereocenters. The van der Waals surface area contributed by atoms with Crippen molar-refractivity contribution in [2.75, 3.05) is 6.54 Å². The Morgan fingerprint density at radius 3 is 2.48 bits per heavy atom. The second-order valence-corrected chi connectivity index (χ2v) is 11.1. The molecular formula is C32H43N5O5. The van der Waals surface area contributed by atoms with Crippen molar-refractivity contribution in [2.45, 2.75) is 78.6 Å². The molecule has 1 fully saturated rings. The standard InChI is InChI=1S/C32H43N5O5/c1-8-11-20(5)29(38)35-28(19(3)4)30(39)34-21(6)31(40)37-15-10-12-27(36-37)32(41)42-22(7)23-13-14-24-18-33-26(9-2)17-25(24)16-23/h8-9,11,13-14,16-22,27-28,36H,2,10,12,15H2,1,3-7H3,(H,34,39)(H,35,38)/b11-8+/t20?,21-,22+,27-,28-/m0/s1. The van der Waals surface area contributed by atoms with Gasteiger partial charge in [-0.1, -0.05) is 51.6 Å². The van der Waals surface area contributed by atoms with E-state index in [1.165, 1.54) is 5.01 Å². The van der Waals surface area contributed by atoms with Crippen LogP contribution in [0.1, 0.15) is 71.7 Å². The van der Waals surface area contributed by atoms with Gasteiger partial charge in [0.15, 0.2) is 0 Å². The van der Waals surface area contributed by atoms with Crippen LogP contribution in [0.15, 0.2) is 49.2 Å². The van der Waals surface area contributed by atoms with E-state index < -0.39 is 36.1 Å². The molecule has 0 radical (unpaired) electrons. The van der Waals surface area contributed by atoms with Gasteiger partial charge in [0.1, 0.15) is 24.2 Å². The van der Waals surface area contributed by atoms with Gasteiger partial charge in [-0.15, -0.1) is 0 Å². The quantitative estimate of drug-likeness (QED) is 0.273. The fourth-order valence-electron chi connectivity index (χ4n) is 4.77. The zero-order chi connectivity index (χ0) is 31.0. The summed E-state index contributed by atoms with van der Waals surface area (Å²) in [6.45, 7) is 14.8. The van der Waals surface area contributed by atoms with Gasteiger partial charge in [-0.2, -0.15) is 0 Å². The van der Waals surface area contributed by atoms with Crippen molar-refractivity contribution in [1.29, 1.82) is 0 Å². The molecule has 1 saturated heterocycles. The first kappa shape index (κ1) is 32.5. The zero-order valence-electron chi connectivity index (χ0n) is 25.3. The topological polar surface area (TPSA) is 130 Å². The highest BCUT2D eigenvalue weighted by Gasteiger charge is 2.34. The van der Waals surface area contributed by atoms with E-state index >= 15 is 0 Å². The molecule has 3 N–H and O–H groups in total. The van der Waals surface area contributed by atoms with Crippen molar-refractivity contribution in [3.05, 3.63) is 60.5 Å². The molecule has 0 spiro atoms. The third-order valence-electron chi connectivity index (χ3n) is 7.35. The van der Waals surface area contributed by atoms with Crippen molar-refractivity contribution in [3.63, 3.8) is 0 Å². The van der Waals surface area contributed by atoms with Gasteiger partial charge in [-0.3, -0.25) is 29.2 Å². The van der Waals surface area contributed by atoms with Crippen LogP contribution in [0.5, 0.6) is 0 Å². The molecule has 1 aromatic carbocycles. The Morgan fingerprint density at radius 1 is 1.07 bits per heavy atom. The molecule has 1 unspecified atom stereocenters. The number of esters is 1. The Kier molecular flexibility index (Phi) is 11.4. The number of fused-ring (bicyclic) bond motifs is 1. The average molecular weight is 578 g/mol. The van der Waals surface area contributed by atoms with E-state index in [0.717, 1.165) is 22.0 Å². The average Bonchev–Trinajstić information content (AvgIpc) is 2.98. The summed E-state index contributed by atoms with van der Waals surface area (Å²) in [5.74, 6) is -2.13. The lowest BCUT2D eigenvalue weighted by Gasteiger charge is -2.35. The fourth-order valence-corrected chi connectivity index (χ4v) is 4.77. The SMILES string of the molecule is C=Cc1cc2cc([C@@H](C)OC(=O)[C@@H]3CCCN(C(=O)[C@H](C)NC(=O)[C@@H](NC(=O)C(C)/C=C/C)C(C)C)N3)ccc2cn1.